The first-order valence-corrected chi connectivity index (χ1v) is 6.01. The van der Waals surface area contributed by atoms with E-state index < -0.39 is 0 Å². The molecule has 0 unspecified atom stereocenters. The second-order valence-corrected chi connectivity index (χ2v) is 4.17. The number of hydrogen-bond donors (Lipinski definition) is 2. The molecule has 0 radical (unpaired) electrons. The van der Waals surface area contributed by atoms with E-state index in [0.717, 1.165) is 18.8 Å². The summed E-state index contributed by atoms with van der Waals surface area (Å²) in [7, 11) is 0. The highest BCUT2D eigenvalue weighted by molar-refractivity contribution is 5.77. The third kappa shape index (κ3) is 4.52. The molecule has 0 atom stereocenters. The lowest BCUT2D eigenvalue weighted by atomic mass is 10.4. The van der Waals surface area contributed by atoms with E-state index in [2.05, 4.69) is 20.7 Å². The van der Waals surface area contributed by atoms with E-state index in [-0.39, 0.29) is 11.9 Å². The van der Waals surface area contributed by atoms with Crippen LogP contribution in [0.2, 0.25) is 0 Å². The van der Waals surface area contributed by atoms with Crippen LogP contribution in [0.3, 0.4) is 0 Å². The van der Waals surface area contributed by atoms with Crippen molar-refractivity contribution in [2.45, 2.75) is 39.8 Å². The molecule has 1 aromatic rings. The lowest BCUT2D eigenvalue weighted by Gasteiger charge is -2.10. The summed E-state index contributed by atoms with van der Waals surface area (Å²) in [6, 6.07) is 0.281. The van der Waals surface area contributed by atoms with Crippen molar-refractivity contribution in [1.29, 1.82) is 0 Å². The van der Waals surface area contributed by atoms with Crippen LogP contribution in [0.25, 0.3) is 0 Å². The smallest absolute Gasteiger partial charge is 0.233 e. The summed E-state index contributed by atoms with van der Waals surface area (Å²) in [6.07, 6.45) is 2.49. The summed E-state index contributed by atoms with van der Waals surface area (Å²) in [5.41, 5.74) is 0. The Morgan fingerprint density at radius 2 is 2.29 bits per heavy atom. The summed E-state index contributed by atoms with van der Waals surface area (Å²) in [5, 5.41) is 9.99. The Kier molecular flexibility index (Phi) is 5.62. The quantitative estimate of drug-likeness (QED) is 0.725. The molecule has 6 heteroatoms. The molecule has 1 heterocycles. The fourth-order valence-electron chi connectivity index (χ4n) is 1.45. The Hall–Kier alpha value is -1.43. The molecule has 0 spiro atoms. The van der Waals surface area contributed by atoms with E-state index >= 15 is 0 Å². The zero-order valence-corrected chi connectivity index (χ0v) is 10.7. The van der Waals surface area contributed by atoms with Gasteiger partial charge in [-0.05, 0) is 20.3 Å². The second-order valence-electron chi connectivity index (χ2n) is 4.17. The molecule has 1 rings (SSSR count). The Morgan fingerprint density at radius 1 is 1.53 bits per heavy atom. The van der Waals surface area contributed by atoms with Gasteiger partial charge >= 0.3 is 0 Å². The zero-order chi connectivity index (χ0) is 12.7. The first-order chi connectivity index (χ1) is 8.15. The van der Waals surface area contributed by atoms with Gasteiger partial charge in [-0.25, -0.2) is 9.67 Å². The SMILES string of the molecule is CCCNC(=O)CNCc1ncnn1C(C)C. The summed E-state index contributed by atoms with van der Waals surface area (Å²) < 4.78 is 1.84. The number of aromatic nitrogens is 3. The van der Waals surface area contributed by atoms with Crippen LogP contribution in [0.1, 0.15) is 39.1 Å². The number of nitrogens with one attached hydrogen (secondary N) is 2. The van der Waals surface area contributed by atoms with Crippen molar-refractivity contribution in [2.75, 3.05) is 13.1 Å². The van der Waals surface area contributed by atoms with Crippen molar-refractivity contribution in [2.24, 2.45) is 0 Å². The molecule has 1 aromatic heterocycles. The van der Waals surface area contributed by atoms with E-state index in [1.54, 1.807) is 0 Å². The number of hydrogen-bond acceptors (Lipinski definition) is 4. The van der Waals surface area contributed by atoms with Crippen LogP contribution < -0.4 is 10.6 Å². The molecule has 0 aromatic carbocycles. The highest BCUT2D eigenvalue weighted by atomic mass is 16.1. The van der Waals surface area contributed by atoms with Crippen molar-refractivity contribution >= 4 is 5.91 Å². The molecule has 0 aliphatic heterocycles. The van der Waals surface area contributed by atoms with Crippen LogP contribution in [0.5, 0.6) is 0 Å². The molecular formula is C11H21N5O. The first kappa shape index (κ1) is 13.6. The Labute approximate surface area is 102 Å². The molecule has 96 valence electrons. The number of amides is 1. The summed E-state index contributed by atoms with van der Waals surface area (Å²) in [4.78, 5) is 15.5. The third-order valence-corrected chi connectivity index (χ3v) is 2.28. The predicted molar refractivity (Wildman–Crippen MR) is 65.4 cm³/mol. The molecule has 0 saturated heterocycles. The maximum Gasteiger partial charge on any atom is 0.233 e. The van der Waals surface area contributed by atoms with Gasteiger partial charge in [0.25, 0.3) is 0 Å². The van der Waals surface area contributed by atoms with Gasteiger partial charge in [-0.1, -0.05) is 6.92 Å². The number of rotatable bonds is 7. The maximum atomic E-state index is 11.3. The summed E-state index contributed by atoms with van der Waals surface area (Å²) in [5.74, 6) is 0.866. The second kappa shape index (κ2) is 7.01. The van der Waals surface area contributed by atoms with E-state index in [4.69, 9.17) is 0 Å². The standard InChI is InChI=1S/C11H21N5O/c1-4-5-13-11(17)7-12-6-10-14-8-15-16(10)9(2)3/h8-9,12H,4-7H2,1-3H3,(H,13,17). The van der Waals surface area contributed by atoms with Gasteiger partial charge in [-0.3, -0.25) is 4.79 Å². The van der Waals surface area contributed by atoms with Gasteiger partial charge in [0.2, 0.25) is 5.91 Å². The molecule has 0 aliphatic rings. The predicted octanol–water partition coefficient (Wildman–Crippen LogP) is 0.475. The van der Waals surface area contributed by atoms with Crippen LogP contribution >= 0.6 is 0 Å². The van der Waals surface area contributed by atoms with Crippen LogP contribution in [-0.4, -0.2) is 33.8 Å². The molecule has 0 saturated carbocycles. The fraction of sp³-hybridized carbons (Fsp3) is 0.727. The van der Waals surface area contributed by atoms with Crippen molar-refractivity contribution in [3.8, 4) is 0 Å². The lowest BCUT2D eigenvalue weighted by Crippen LogP contribution is -2.34. The minimum Gasteiger partial charge on any atom is -0.355 e. The van der Waals surface area contributed by atoms with Crippen LogP contribution in [0.4, 0.5) is 0 Å². The average molecular weight is 239 g/mol. The minimum atomic E-state index is 0.0162. The minimum absolute atomic E-state index is 0.0162. The molecule has 0 fully saturated rings. The first-order valence-electron chi connectivity index (χ1n) is 6.01. The lowest BCUT2D eigenvalue weighted by molar-refractivity contribution is -0.120. The maximum absolute atomic E-state index is 11.3. The molecule has 6 nitrogen and oxygen atoms in total. The highest BCUT2D eigenvalue weighted by Crippen LogP contribution is 2.04. The van der Waals surface area contributed by atoms with Gasteiger partial charge in [-0.15, -0.1) is 0 Å². The van der Waals surface area contributed by atoms with Gasteiger partial charge in [0.15, 0.2) is 0 Å². The van der Waals surface area contributed by atoms with Gasteiger partial charge in [0.05, 0.1) is 13.1 Å². The van der Waals surface area contributed by atoms with Gasteiger partial charge < -0.3 is 10.6 Å². The molecule has 17 heavy (non-hydrogen) atoms. The topological polar surface area (TPSA) is 71.8 Å². The van der Waals surface area contributed by atoms with Crippen molar-refractivity contribution in [1.82, 2.24) is 25.4 Å². The molecule has 1 amide bonds. The molecule has 2 N–H and O–H groups in total. The molecule has 0 bridgehead atoms. The zero-order valence-electron chi connectivity index (χ0n) is 10.7. The van der Waals surface area contributed by atoms with Crippen LogP contribution in [-0.2, 0) is 11.3 Å². The van der Waals surface area contributed by atoms with Crippen molar-refractivity contribution in [3.63, 3.8) is 0 Å². The van der Waals surface area contributed by atoms with Crippen LogP contribution in [0, 0.1) is 0 Å². The van der Waals surface area contributed by atoms with Crippen LogP contribution in [0.15, 0.2) is 6.33 Å². The van der Waals surface area contributed by atoms with Crippen molar-refractivity contribution < 1.29 is 4.79 Å². The molecular weight excluding hydrogens is 218 g/mol. The highest BCUT2D eigenvalue weighted by Gasteiger charge is 2.07. The summed E-state index contributed by atoms with van der Waals surface area (Å²) >= 11 is 0. The number of carbonyl (C=O) groups excluding carboxylic acids is 1. The van der Waals surface area contributed by atoms with E-state index in [9.17, 15) is 4.79 Å². The van der Waals surface area contributed by atoms with E-state index in [0.29, 0.717) is 13.1 Å². The van der Waals surface area contributed by atoms with E-state index in [1.165, 1.54) is 6.33 Å². The Bertz CT molecular complexity index is 347. The summed E-state index contributed by atoms with van der Waals surface area (Å²) in [6.45, 7) is 7.71. The number of nitrogens with zero attached hydrogens (tertiary/aromatic N) is 3. The monoisotopic (exact) mass is 239 g/mol. The largest absolute Gasteiger partial charge is 0.355 e. The average Bonchev–Trinajstić information content (AvgIpc) is 2.74. The number of carbonyl (C=O) groups is 1. The molecule has 0 aliphatic carbocycles. The Morgan fingerprint density at radius 3 is 2.94 bits per heavy atom. The van der Waals surface area contributed by atoms with Gasteiger partial charge in [-0.2, -0.15) is 5.10 Å². The van der Waals surface area contributed by atoms with Crippen molar-refractivity contribution in [3.05, 3.63) is 12.2 Å². The third-order valence-electron chi connectivity index (χ3n) is 2.28. The fourth-order valence-corrected chi connectivity index (χ4v) is 1.45. The van der Waals surface area contributed by atoms with E-state index in [1.807, 2.05) is 25.5 Å². The van der Waals surface area contributed by atoms with Gasteiger partial charge in [0.1, 0.15) is 12.2 Å². The van der Waals surface area contributed by atoms with Gasteiger partial charge in [0, 0.05) is 12.6 Å². The Balaban J connectivity index is 2.30. The normalized spacial score (nSPS) is 10.8.